The summed E-state index contributed by atoms with van der Waals surface area (Å²) in [4.78, 5) is 14.9. The highest BCUT2D eigenvalue weighted by Gasteiger charge is 2.43. The third-order valence-corrected chi connectivity index (χ3v) is 11.3. The molecule has 41 heavy (non-hydrogen) atoms. The van der Waals surface area contributed by atoms with Crippen LogP contribution in [0, 0.1) is 0 Å². The van der Waals surface area contributed by atoms with Crippen molar-refractivity contribution in [3.05, 3.63) is 94.5 Å². The van der Waals surface area contributed by atoms with Crippen molar-refractivity contribution >= 4 is 29.8 Å². The van der Waals surface area contributed by atoms with Crippen LogP contribution in [0.5, 0.6) is 5.75 Å². The lowest BCUT2D eigenvalue weighted by Gasteiger charge is -2.35. The molecule has 0 spiro atoms. The second-order valence-corrected chi connectivity index (χ2v) is 14.2. The van der Waals surface area contributed by atoms with Gasteiger partial charge in [0.2, 0.25) is 0 Å². The lowest BCUT2D eigenvalue weighted by molar-refractivity contribution is -0.189. The monoisotopic (exact) mass is 599 g/mol. The van der Waals surface area contributed by atoms with Gasteiger partial charge < -0.3 is 29.4 Å². The molecule has 0 saturated carbocycles. The van der Waals surface area contributed by atoms with Crippen LogP contribution in [-0.4, -0.2) is 89.5 Å². The summed E-state index contributed by atoms with van der Waals surface area (Å²) in [5.41, 5.74) is 2.26. The minimum Gasteiger partial charge on any atom is -0.492 e. The second-order valence-electron chi connectivity index (χ2n) is 10.6. The molecule has 0 radical (unpaired) electrons. The first-order chi connectivity index (χ1) is 19.8. The summed E-state index contributed by atoms with van der Waals surface area (Å²) >= 11 is 6.45. The van der Waals surface area contributed by atoms with Crippen molar-refractivity contribution in [3.63, 3.8) is 0 Å². The van der Waals surface area contributed by atoms with Gasteiger partial charge in [0.25, 0.3) is 0 Å². The van der Waals surface area contributed by atoms with Crippen LogP contribution in [0.3, 0.4) is 0 Å². The summed E-state index contributed by atoms with van der Waals surface area (Å²) in [6, 6.07) is 22.6. The van der Waals surface area contributed by atoms with E-state index in [1.807, 2.05) is 54.6 Å². The summed E-state index contributed by atoms with van der Waals surface area (Å²) in [6.45, 7) is 2.38. The molecule has 4 atom stereocenters. The second kappa shape index (κ2) is 13.2. The highest BCUT2D eigenvalue weighted by atomic mass is 35.5. The molecule has 2 heterocycles. The van der Waals surface area contributed by atoms with E-state index in [1.54, 1.807) is 18.2 Å². The van der Waals surface area contributed by atoms with E-state index in [0.29, 0.717) is 35.9 Å². The van der Waals surface area contributed by atoms with Crippen molar-refractivity contribution < 1.29 is 34.2 Å². The van der Waals surface area contributed by atoms with Gasteiger partial charge >= 0.3 is 0 Å². The molecule has 0 aromatic heterocycles. The van der Waals surface area contributed by atoms with Crippen molar-refractivity contribution in [2.45, 2.75) is 30.8 Å². The molecule has 3 aromatic rings. The maximum atomic E-state index is 13.3. The maximum absolute atomic E-state index is 13.3. The zero-order valence-corrected chi connectivity index (χ0v) is 24.3. The molecule has 2 aliphatic heterocycles. The zero-order chi connectivity index (χ0) is 29.0. The molecule has 3 N–H and O–H groups in total. The molecular formula is C31H35ClNO7P. The Labute approximate surface area is 244 Å². The number of hydrogen-bond acceptors (Lipinski definition) is 8. The number of Topliss-reactive ketones (excluding diaryl/α,β-unsaturated/α-hetero) is 1. The number of halogens is 1. The topological polar surface area (TPSA) is 117 Å². The van der Waals surface area contributed by atoms with E-state index in [-0.39, 0.29) is 0 Å². The van der Waals surface area contributed by atoms with Gasteiger partial charge in [-0.3, -0.25) is 9.69 Å². The number of carbonyl (C=O) groups is 1. The Morgan fingerprint density at radius 2 is 1.71 bits per heavy atom. The van der Waals surface area contributed by atoms with Crippen LogP contribution >= 0.6 is 18.7 Å². The largest absolute Gasteiger partial charge is 0.492 e. The van der Waals surface area contributed by atoms with Gasteiger partial charge in [0, 0.05) is 42.3 Å². The van der Waals surface area contributed by atoms with E-state index in [0.717, 1.165) is 41.8 Å². The number of nitrogens with zero attached hydrogens (tertiary/aromatic N) is 1. The van der Waals surface area contributed by atoms with Gasteiger partial charge in [-0.1, -0.05) is 66.2 Å². The number of ether oxygens (including phenoxy) is 2. The summed E-state index contributed by atoms with van der Waals surface area (Å²) in [5.74, 6) is 0.0936. The van der Waals surface area contributed by atoms with Crippen LogP contribution in [0.2, 0.25) is 5.02 Å². The number of aliphatic hydroxyl groups excluding tert-OH is 3. The van der Waals surface area contributed by atoms with Gasteiger partial charge in [-0.05, 0) is 41.3 Å². The summed E-state index contributed by atoms with van der Waals surface area (Å²) < 4.78 is 24.9. The standard InChI is InChI=1S/C31H35ClNO7P/c32-26-11-8-22(31-30(37)29(36)28(35)27(20-34)40-31)19-23(26)18-21-6-9-24(10-7-21)39-15-12-33-13-16-41(38,17-14-33)25-4-2-1-3-5-25/h1-11,19,27-29,31,34-36H,12-18,20H2/t27-,28-,29+,31+/m1/s1. The minimum absolute atomic E-state index is 0.497. The predicted molar refractivity (Wildman–Crippen MR) is 158 cm³/mol. The fraction of sp³-hybridized carbons (Fsp3) is 0.387. The molecule has 0 unspecified atom stereocenters. The van der Waals surface area contributed by atoms with Gasteiger partial charge in [0.1, 0.15) is 43.9 Å². The fourth-order valence-corrected chi connectivity index (χ4v) is 8.21. The molecule has 218 valence electrons. The normalized spacial score (nSPS) is 24.7. The van der Waals surface area contributed by atoms with Crippen LogP contribution in [0.1, 0.15) is 22.8 Å². The van der Waals surface area contributed by atoms with E-state index in [2.05, 4.69) is 4.90 Å². The fourth-order valence-electron chi connectivity index (χ4n) is 5.36. The van der Waals surface area contributed by atoms with Crippen molar-refractivity contribution in [1.29, 1.82) is 0 Å². The Bertz CT molecular complexity index is 1370. The summed E-state index contributed by atoms with van der Waals surface area (Å²) in [6.07, 6.45) is -3.40. The number of rotatable bonds is 9. The molecule has 5 rings (SSSR count). The summed E-state index contributed by atoms with van der Waals surface area (Å²) in [5, 5.41) is 31.1. The molecule has 0 aliphatic carbocycles. The van der Waals surface area contributed by atoms with Crippen LogP contribution in [-0.2, 0) is 20.5 Å². The third kappa shape index (κ3) is 6.92. The molecule has 2 aliphatic rings. The smallest absolute Gasteiger partial charge is 0.197 e. The van der Waals surface area contributed by atoms with Gasteiger partial charge in [-0.25, -0.2) is 0 Å². The Balaban J connectivity index is 1.14. The number of ketones is 1. The van der Waals surface area contributed by atoms with E-state index in [9.17, 15) is 24.7 Å². The molecule has 2 fully saturated rings. The predicted octanol–water partition coefficient (Wildman–Crippen LogP) is 3.04. The Kier molecular flexibility index (Phi) is 9.62. The average Bonchev–Trinajstić information content (AvgIpc) is 3.00. The van der Waals surface area contributed by atoms with Crippen LogP contribution in [0.25, 0.3) is 0 Å². The quantitative estimate of drug-likeness (QED) is 0.322. The van der Waals surface area contributed by atoms with Crippen molar-refractivity contribution in [2.75, 3.05) is 45.2 Å². The molecule has 2 saturated heterocycles. The lowest BCUT2D eigenvalue weighted by Crippen LogP contribution is -2.53. The number of aliphatic hydroxyl groups is 3. The number of benzene rings is 3. The van der Waals surface area contributed by atoms with Crippen molar-refractivity contribution in [1.82, 2.24) is 4.90 Å². The minimum atomic E-state index is -2.30. The zero-order valence-electron chi connectivity index (χ0n) is 22.6. The van der Waals surface area contributed by atoms with E-state index in [4.69, 9.17) is 21.1 Å². The molecule has 0 amide bonds. The number of hydrogen-bond donors (Lipinski definition) is 3. The van der Waals surface area contributed by atoms with Crippen LogP contribution in [0.4, 0.5) is 0 Å². The number of carbonyl (C=O) groups excluding carboxylic acids is 1. The van der Waals surface area contributed by atoms with Crippen molar-refractivity contribution in [2.24, 2.45) is 0 Å². The van der Waals surface area contributed by atoms with E-state index in [1.165, 1.54) is 0 Å². The van der Waals surface area contributed by atoms with Gasteiger partial charge in [-0.2, -0.15) is 0 Å². The van der Waals surface area contributed by atoms with Gasteiger partial charge in [0.15, 0.2) is 5.78 Å². The molecule has 8 nitrogen and oxygen atoms in total. The van der Waals surface area contributed by atoms with Crippen LogP contribution in [0.15, 0.2) is 72.8 Å². The highest BCUT2D eigenvalue weighted by molar-refractivity contribution is 7.71. The Hall–Kier alpha value is -2.55. The highest BCUT2D eigenvalue weighted by Crippen LogP contribution is 2.46. The van der Waals surface area contributed by atoms with E-state index >= 15 is 0 Å². The molecule has 3 aromatic carbocycles. The average molecular weight is 600 g/mol. The Morgan fingerprint density at radius 3 is 2.39 bits per heavy atom. The first-order valence-electron chi connectivity index (χ1n) is 13.8. The van der Waals surface area contributed by atoms with Gasteiger partial charge in [-0.15, -0.1) is 0 Å². The first kappa shape index (κ1) is 29.9. The van der Waals surface area contributed by atoms with Crippen molar-refractivity contribution in [3.8, 4) is 5.75 Å². The third-order valence-electron chi connectivity index (χ3n) is 7.89. The first-order valence-corrected chi connectivity index (χ1v) is 16.3. The molecule has 10 heteroatoms. The maximum Gasteiger partial charge on any atom is 0.197 e. The van der Waals surface area contributed by atoms with Gasteiger partial charge in [0.05, 0.1) is 6.61 Å². The SMILES string of the molecule is O=C1[C@H](c2ccc(Cl)c(Cc3ccc(OCCN4CCP(=O)(c5ccccc5)CC4)cc3)c2)O[C@H](CO)[C@@H](O)[C@@H]1O. The molecular weight excluding hydrogens is 565 g/mol. The van der Waals surface area contributed by atoms with E-state index < -0.39 is 43.9 Å². The lowest BCUT2D eigenvalue weighted by atomic mass is 9.91. The summed E-state index contributed by atoms with van der Waals surface area (Å²) in [7, 11) is -2.30. The van der Waals surface area contributed by atoms with Crippen LogP contribution < -0.4 is 10.0 Å². The molecule has 0 bridgehead atoms. The Morgan fingerprint density at radius 1 is 1.00 bits per heavy atom.